The van der Waals surface area contributed by atoms with Crippen LogP contribution in [0.2, 0.25) is 0 Å². The number of carboxylic acid groups (broad SMARTS) is 2. The summed E-state index contributed by atoms with van der Waals surface area (Å²) in [6, 6.07) is 0. The van der Waals surface area contributed by atoms with Gasteiger partial charge in [0.1, 0.15) is 0 Å². The topological polar surface area (TPSA) is 74.6 Å². The fourth-order valence-corrected chi connectivity index (χ4v) is 0.795. The Morgan fingerprint density at radius 3 is 1.33 bits per heavy atom. The zero-order valence-corrected chi connectivity index (χ0v) is 10.7. The number of halogens is 1. The van der Waals surface area contributed by atoms with Crippen LogP contribution in [0.25, 0.3) is 0 Å². The number of unbranched alkanes of at least 4 members (excludes halogenated alkanes) is 2. The smallest absolute Gasteiger partial charge is 0.303 e. The van der Waals surface area contributed by atoms with Crippen LogP contribution in [0.3, 0.4) is 0 Å². The molecule has 106 valence electrons. The van der Waals surface area contributed by atoms with Crippen LogP contribution in [0, 0.1) is 0 Å². The number of rotatable bonds is 8. The van der Waals surface area contributed by atoms with E-state index >= 15 is 0 Å². The second kappa shape index (κ2) is 21.5. The summed E-state index contributed by atoms with van der Waals surface area (Å²) >= 11 is 0. The van der Waals surface area contributed by atoms with Crippen molar-refractivity contribution >= 4 is 41.7 Å². The molecule has 0 amide bonds. The van der Waals surface area contributed by atoms with E-state index < -0.39 is 11.9 Å². The van der Waals surface area contributed by atoms with E-state index in [0.29, 0.717) is 12.8 Å². The van der Waals surface area contributed by atoms with E-state index in [1.807, 2.05) is 0 Å². The SMILES string of the molecule is C=CCCCC(=O)O.C=CCCCC(=O)O.Cl.[AlH3]. The lowest BCUT2D eigenvalue weighted by molar-refractivity contribution is -0.138. The number of hydrogen-bond acceptors (Lipinski definition) is 2. The summed E-state index contributed by atoms with van der Waals surface area (Å²) in [4.78, 5) is 19.7. The highest BCUT2D eigenvalue weighted by molar-refractivity contribution is 5.85. The third kappa shape index (κ3) is 36.2. The quantitative estimate of drug-likeness (QED) is 0.408. The molecule has 0 aromatic heterocycles. The average molecular weight is 295 g/mol. The normalized spacial score (nSPS) is 7.56. The van der Waals surface area contributed by atoms with Crippen LogP contribution < -0.4 is 0 Å². The van der Waals surface area contributed by atoms with Crippen molar-refractivity contribution in [3.05, 3.63) is 25.3 Å². The minimum Gasteiger partial charge on any atom is -0.481 e. The van der Waals surface area contributed by atoms with Gasteiger partial charge in [-0.2, -0.15) is 0 Å². The summed E-state index contributed by atoms with van der Waals surface area (Å²) in [7, 11) is 0. The lowest BCUT2D eigenvalue weighted by Crippen LogP contribution is -1.92. The molecule has 0 rings (SSSR count). The van der Waals surface area contributed by atoms with Crippen molar-refractivity contribution in [3.8, 4) is 0 Å². The van der Waals surface area contributed by atoms with Gasteiger partial charge in [0.25, 0.3) is 0 Å². The molecular formula is C12H24AlClO4. The van der Waals surface area contributed by atoms with Gasteiger partial charge < -0.3 is 10.2 Å². The molecule has 0 bridgehead atoms. The third-order valence-corrected chi connectivity index (χ3v) is 1.60. The molecule has 0 atom stereocenters. The van der Waals surface area contributed by atoms with E-state index in [2.05, 4.69) is 13.2 Å². The number of carboxylic acids is 2. The van der Waals surface area contributed by atoms with Crippen LogP contribution >= 0.6 is 12.4 Å². The zero-order chi connectivity index (χ0) is 12.8. The van der Waals surface area contributed by atoms with Crippen LogP contribution in [-0.4, -0.2) is 39.5 Å². The van der Waals surface area contributed by atoms with Gasteiger partial charge in [0.2, 0.25) is 0 Å². The molecule has 0 heterocycles. The van der Waals surface area contributed by atoms with Crippen molar-refractivity contribution in [2.75, 3.05) is 0 Å². The molecule has 0 saturated heterocycles. The summed E-state index contributed by atoms with van der Waals surface area (Å²) in [6.45, 7) is 6.93. The maximum absolute atomic E-state index is 9.84. The Kier molecular flexibility index (Phi) is 31.0. The van der Waals surface area contributed by atoms with Crippen LogP contribution in [0.4, 0.5) is 0 Å². The molecule has 0 aliphatic heterocycles. The number of allylic oxidation sites excluding steroid dienone is 2. The fraction of sp³-hybridized carbons (Fsp3) is 0.500. The molecular weight excluding hydrogens is 271 g/mol. The van der Waals surface area contributed by atoms with Gasteiger partial charge in [0.15, 0.2) is 17.4 Å². The van der Waals surface area contributed by atoms with Gasteiger partial charge in [-0.25, -0.2) is 0 Å². The van der Waals surface area contributed by atoms with Gasteiger partial charge in [0.05, 0.1) is 0 Å². The molecule has 0 unspecified atom stereocenters. The first kappa shape index (κ1) is 25.9. The van der Waals surface area contributed by atoms with E-state index in [1.165, 1.54) is 0 Å². The molecule has 18 heavy (non-hydrogen) atoms. The summed E-state index contributed by atoms with van der Waals surface area (Å²) in [5.41, 5.74) is 0. The Hall–Kier alpha value is -0.758. The molecule has 0 aromatic rings. The van der Waals surface area contributed by atoms with Crippen molar-refractivity contribution in [2.24, 2.45) is 0 Å². The first-order valence-corrected chi connectivity index (χ1v) is 5.20. The van der Waals surface area contributed by atoms with Crippen molar-refractivity contribution in [1.82, 2.24) is 0 Å². The standard InChI is InChI=1S/2C6H10O2.Al.ClH.3H/c2*1-2-3-4-5-6(7)8;;;;;/h2*2H,1,3-5H2,(H,7,8);;1H;;;. The van der Waals surface area contributed by atoms with Crippen LogP contribution in [0.15, 0.2) is 25.3 Å². The highest BCUT2D eigenvalue weighted by atomic mass is 35.5. The van der Waals surface area contributed by atoms with Crippen molar-refractivity contribution in [3.63, 3.8) is 0 Å². The minimum atomic E-state index is -0.730. The van der Waals surface area contributed by atoms with Gasteiger partial charge in [-0.05, 0) is 25.7 Å². The molecule has 0 aliphatic rings. The van der Waals surface area contributed by atoms with Crippen molar-refractivity contribution < 1.29 is 19.8 Å². The van der Waals surface area contributed by atoms with Gasteiger partial charge in [-0.3, -0.25) is 9.59 Å². The summed E-state index contributed by atoms with van der Waals surface area (Å²) < 4.78 is 0. The summed E-state index contributed by atoms with van der Waals surface area (Å²) in [5.74, 6) is -1.46. The second-order valence-electron chi connectivity index (χ2n) is 3.15. The molecule has 0 aromatic carbocycles. The number of hydrogen-bond donors (Lipinski definition) is 2. The first-order chi connectivity index (χ1) is 7.54. The maximum atomic E-state index is 9.84. The Bertz CT molecular complexity index is 208. The van der Waals surface area contributed by atoms with Crippen LogP contribution in [0.5, 0.6) is 0 Å². The van der Waals surface area contributed by atoms with E-state index in [-0.39, 0.29) is 42.6 Å². The van der Waals surface area contributed by atoms with E-state index in [9.17, 15) is 9.59 Å². The molecule has 0 spiro atoms. The van der Waals surface area contributed by atoms with E-state index in [4.69, 9.17) is 10.2 Å². The Labute approximate surface area is 125 Å². The highest BCUT2D eigenvalue weighted by Gasteiger charge is 1.92. The van der Waals surface area contributed by atoms with Crippen molar-refractivity contribution in [1.29, 1.82) is 0 Å². The molecule has 6 heteroatoms. The summed E-state index contributed by atoms with van der Waals surface area (Å²) in [5, 5.41) is 16.2. The monoisotopic (exact) mass is 294 g/mol. The number of aliphatic carboxylic acids is 2. The predicted molar refractivity (Wildman–Crippen MR) is 80.6 cm³/mol. The first-order valence-electron chi connectivity index (χ1n) is 5.20. The largest absolute Gasteiger partial charge is 0.481 e. The zero-order valence-electron chi connectivity index (χ0n) is 9.93. The van der Waals surface area contributed by atoms with Gasteiger partial charge in [-0.15, -0.1) is 25.6 Å². The third-order valence-electron chi connectivity index (χ3n) is 1.60. The van der Waals surface area contributed by atoms with Crippen molar-refractivity contribution in [2.45, 2.75) is 38.5 Å². The lowest BCUT2D eigenvalue weighted by atomic mass is 10.2. The van der Waals surface area contributed by atoms with Gasteiger partial charge in [0, 0.05) is 12.8 Å². The molecule has 0 saturated carbocycles. The molecule has 0 radical (unpaired) electrons. The lowest BCUT2D eigenvalue weighted by Gasteiger charge is -1.87. The Balaban J connectivity index is -0.0000000980. The molecule has 0 fully saturated rings. The van der Waals surface area contributed by atoms with Gasteiger partial charge in [-0.1, -0.05) is 12.2 Å². The van der Waals surface area contributed by atoms with Gasteiger partial charge >= 0.3 is 11.9 Å². The van der Waals surface area contributed by atoms with Crippen LogP contribution in [0.1, 0.15) is 38.5 Å². The second-order valence-corrected chi connectivity index (χ2v) is 3.15. The molecule has 2 N–H and O–H groups in total. The van der Waals surface area contributed by atoms with E-state index in [0.717, 1.165) is 12.8 Å². The fourth-order valence-electron chi connectivity index (χ4n) is 0.795. The molecule has 0 aliphatic carbocycles. The number of carbonyl (C=O) groups is 2. The predicted octanol–water partition coefficient (Wildman–Crippen LogP) is 2.09. The minimum absolute atomic E-state index is 0. The maximum Gasteiger partial charge on any atom is 0.303 e. The highest BCUT2D eigenvalue weighted by Crippen LogP contribution is 1.94. The van der Waals surface area contributed by atoms with E-state index in [1.54, 1.807) is 12.2 Å². The van der Waals surface area contributed by atoms with Crippen LogP contribution in [-0.2, 0) is 9.59 Å². The molecule has 4 nitrogen and oxygen atoms in total. The Morgan fingerprint density at radius 1 is 0.889 bits per heavy atom. The Morgan fingerprint density at radius 2 is 1.17 bits per heavy atom. The summed E-state index contributed by atoms with van der Waals surface area (Å²) in [6.07, 6.45) is 6.97. The average Bonchev–Trinajstić information content (AvgIpc) is 2.18.